The van der Waals surface area contributed by atoms with E-state index in [2.05, 4.69) is 9.97 Å². The molecule has 1 aromatic heterocycles. The van der Waals surface area contributed by atoms with E-state index in [9.17, 15) is 4.79 Å². The Balaban J connectivity index is 2.09. The Kier molecular flexibility index (Phi) is 4.25. The third-order valence-corrected chi connectivity index (χ3v) is 3.31. The smallest absolute Gasteiger partial charge is 0.166 e. The summed E-state index contributed by atoms with van der Waals surface area (Å²) in [4.78, 5) is 18.5. The third-order valence-electron chi connectivity index (χ3n) is 2.44. The fourth-order valence-corrected chi connectivity index (χ4v) is 2.51. The van der Waals surface area contributed by atoms with Crippen molar-refractivity contribution in [1.82, 2.24) is 9.97 Å². The molecule has 0 saturated carbocycles. The number of hydrogen-bond acceptors (Lipinski definition) is 4. The van der Waals surface area contributed by atoms with E-state index >= 15 is 0 Å². The van der Waals surface area contributed by atoms with Gasteiger partial charge in [0.15, 0.2) is 5.16 Å². The zero-order valence-electron chi connectivity index (χ0n) is 10.5. The zero-order valence-corrected chi connectivity index (χ0v) is 11.3. The number of imidazole rings is 1. The second-order valence-electron chi connectivity index (χ2n) is 3.95. The quantitative estimate of drug-likeness (QED) is 0.815. The van der Waals surface area contributed by atoms with Crippen LogP contribution in [0.4, 0.5) is 0 Å². The van der Waals surface area contributed by atoms with Crippen LogP contribution in [-0.2, 0) is 4.79 Å². The lowest BCUT2D eigenvalue weighted by molar-refractivity contribution is -0.116. The molecule has 0 amide bonds. The molecule has 0 radical (unpaired) electrons. The van der Waals surface area contributed by atoms with Crippen molar-refractivity contribution in [3.8, 4) is 5.75 Å². The van der Waals surface area contributed by atoms with Gasteiger partial charge in [0, 0.05) is 18.2 Å². The van der Waals surface area contributed by atoms with E-state index in [-0.39, 0.29) is 5.78 Å². The number of ketones is 1. The molecule has 96 valence electrons. The average molecular weight is 264 g/mol. The summed E-state index contributed by atoms with van der Waals surface area (Å²) in [7, 11) is 0. The van der Waals surface area contributed by atoms with Gasteiger partial charge in [-0.1, -0.05) is 11.8 Å². The third kappa shape index (κ3) is 3.26. The van der Waals surface area contributed by atoms with Crippen LogP contribution < -0.4 is 4.74 Å². The molecule has 0 spiro atoms. The topological polar surface area (TPSA) is 55.0 Å². The number of rotatable bonds is 6. The van der Waals surface area contributed by atoms with Gasteiger partial charge < -0.3 is 9.72 Å². The van der Waals surface area contributed by atoms with Crippen molar-refractivity contribution < 1.29 is 9.53 Å². The van der Waals surface area contributed by atoms with Crippen LogP contribution in [0.2, 0.25) is 0 Å². The van der Waals surface area contributed by atoms with Crippen molar-refractivity contribution in [3.63, 3.8) is 0 Å². The maximum atomic E-state index is 10.9. The SMILES string of the molecule is CCOc1ccc2nc(SCCC(C)=O)[nH]c2c1. The largest absolute Gasteiger partial charge is 0.494 e. The van der Waals surface area contributed by atoms with Crippen molar-refractivity contribution >= 4 is 28.6 Å². The molecule has 0 bridgehead atoms. The minimum absolute atomic E-state index is 0.206. The van der Waals surface area contributed by atoms with E-state index in [4.69, 9.17) is 4.74 Å². The van der Waals surface area contributed by atoms with Gasteiger partial charge in [-0.25, -0.2) is 4.98 Å². The molecule has 0 aliphatic rings. The lowest BCUT2D eigenvalue weighted by atomic mass is 10.3. The number of fused-ring (bicyclic) bond motifs is 1. The Morgan fingerprint density at radius 3 is 3.06 bits per heavy atom. The van der Waals surface area contributed by atoms with Crippen LogP contribution in [0.5, 0.6) is 5.75 Å². The first-order valence-electron chi connectivity index (χ1n) is 5.94. The highest BCUT2D eigenvalue weighted by molar-refractivity contribution is 7.99. The monoisotopic (exact) mass is 264 g/mol. The first kappa shape index (κ1) is 13.0. The number of nitrogens with one attached hydrogen (secondary N) is 1. The molecule has 0 aliphatic carbocycles. The maximum absolute atomic E-state index is 10.9. The number of carbonyl (C=O) groups is 1. The lowest BCUT2D eigenvalue weighted by Gasteiger charge is -2.00. The molecule has 0 aliphatic heterocycles. The van der Waals surface area contributed by atoms with Gasteiger partial charge in [0.2, 0.25) is 0 Å². The second-order valence-corrected chi connectivity index (χ2v) is 5.04. The summed E-state index contributed by atoms with van der Waals surface area (Å²) >= 11 is 1.57. The van der Waals surface area contributed by atoms with Crippen LogP contribution in [0.1, 0.15) is 20.3 Å². The molecule has 0 saturated heterocycles. The molecule has 1 N–H and O–H groups in total. The van der Waals surface area contributed by atoms with Gasteiger partial charge in [-0.3, -0.25) is 4.79 Å². The predicted octanol–water partition coefficient (Wildman–Crippen LogP) is 3.03. The summed E-state index contributed by atoms with van der Waals surface area (Å²) in [6.07, 6.45) is 0.575. The first-order valence-corrected chi connectivity index (χ1v) is 6.92. The number of Topliss-reactive ketones (excluding diaryl/α,β-unsaturated/α-hetero) is 1. The molecule has 2 aromatic rings. The molecule has 5 heteroatoms. The van der Waals surface area contributed by atoms with E-state index in [1.807, 2.05) is 25.1 Å². The van der Waals surface area contributed by atoms with Gasteiger partial charge in [0.1, 0.15) is 11.5 Å². The summed E-state index contributed by atoms with van der Waals surface area (Å²) in [6, 6.07) is 5.80. The first-order chi connectivity index (χ1) is 8.69. The highest BCUT2D eigenvalue weighted by Gasteiger charge is 2.05. The van der Waals surface area contributed by atoms with Gasteiger partial charge in [0.25, 0.3) is 0 Å². The lowest BCUT2D eigenvalue weighted by Crippen LogP contribution is -1.91. The summed E-state index contributed by atoms with van der Waals surface area (Å²) in [5.41, 5.74) is 1.88. The minimum Gasteiger partial charge on any atom is -0.494 e. The Labute approximate surface area is 110 Å². The fraction of sp³-hybridized carbons (Fsp3) is 0.385. The Morgan fingerprint density at radius 1 is 1.50 bits per heavy atom. The number of carbonyl (C=O) groups excluding carboxylic acids is 1. The normalized spacial score (nSPS) is 10.8. The molecule has 4 nitrogen and oxygen atoms in total. The highest BCUT2D eigenvalue weighted by atomic mass is 32.2. The van der Waals surface area contributed by atoms with Crippen LogP contribution in [0.25, 0.3) is 11.0 Å². The highest BCUT2D eigenvalue weighted by Crippen LogP contribution is 2.23. The van der Waals surface area contributed by atoms with E-state index < -0.39 is 0 Å². The standard InChI is InChI=1S/C13H16N2O2S/c1-3-17-10-4-5-11-12(8-10)15-13(14-11)18-7-6-9(2)16/h4-5,8H,3,6-7H2,1-2H3,(H,14,15). The number of hydrogen-bond donors (Lipinski definition) is 1. The van der Waals surface area contributed by atoms with Crippen LogP contribution >= 0.6 is 11.8 Å². The fourth-order valence-electron chi connectivity index (χ4n) is 1.58. The van der Waals surface area contributed by atoms with E-state index in [1.165, 1.54) is 0 Å². The number of ether oxygens (including phenoxy) is 1. The molecule has 1 aromatic carbocycles. The van der Waals surface area contributed by atoms with Crippen molar-refractivity contribution in [3.05, 3.63) is 18.2 Å². The van der Waals surface area contributed by atoms with Gasteiger partial charge in [-0.2, -0.15) is 0 Å². The molecule has 0 atom stereocenters. The number of thioether (sulfide) groups is 1. The van der Waals surface area contributed by atoms with Crippen LogP contribution in [0.15, 0.2) is 23.4 Å². The molecule has 0 fully saturated rings. The van der Waals surface area contributed by atoms with Crippen molar-refractivity contribution in [2.24, 2.45) is 0 Å². The minimum atomic E-state index is 0.206. The van der Waals surface area contributed by atoms with Gasteiger partial charge in [-0.05, 0) is 26.0 Å². The van der Waals surface area contributed by atoms with Crippen molar-refractivity contribution in [1.29, 1.82) is 0 Å². The van der Waals surface area contributed by atoms with Crippen LogP contribution in [-0.4, -0.2) is 28.1 Å². The number of aromatic nitrogens is 2. The summed E-state index contributed by atoms with van der Waals surface area (Å²) in [5, 5.41) is 0.847. The molecule has 0 unspecified atom stereocenters. The number of aromatic amines is 1. The van der Waals surface area contributed by atoms with E-state index in [1.54, 1.807) is 18.7 Å². The summed E-state index contributed by atoms with van der Waals surface area (Å²) in [5.74, 6) is 1.80. The molecule has 1 heterocycles. The Hall–Kier alpha value is -1.49. The van der Waals surface area contributed by atoms with E-state index in [0.717, 1.165) is 27.7 Å². The van der Waals surface area contributed by atoms with E-state index in [0.29, 0.717) is 13.0 Å². The number of H-pyrrole nitrogens is 1. The Morgan fingerprint density at radius 2 is 2.33 bits per heavy atom. The summed E-state index contributed by atoms with van der Waals surface area (Å²) < 4.78 is 5.44. The van der Waals surface area contributed by atoms with Crippen molar-refractivity contribution in [2.75, 3.05) is 12.4 Å². The average Bonchev–Trinajstić information content (AvgIpc) is 2.71. The molecule has 18 heavy (non-hydrogen) atoms. The van der Waals surface area contributed by atoms with Gasteiger partial charge in [-0.15, -0.1) is 0 Å². The molecule has 2 rings (SSSR count). The predicted molar refractivity (Wildman–Crippen MR) is 73.3 cm³/mol. The number of nitrogens with zero attached hydrogens (tertiary/aromatic N) is 1. The Bertz CT molecular complexity index is 551. The molecular formula is C13H16N2O2S. The number of benzene rings is 1. The van der Waals surface area contributed by atoms with Gasteiger partial charge >= 0.3 is 0 Å². The van der Waals surface area contributed by atoms with Gasteiger partial charge in [0.05, 0.1) is 17.6 Å². The van der Waals surface area contributed by atoms with Crippen LogP contribution in [0.3, 0.4) is 0 Å². The summed E-state index contributed by atoms with van der Waals surface area (Å²) in [6.45, 7) is 4.22. The van der Waals surface area contributed by atoms with Crippen LogP contribution in [0, 0.1) is 0 Å². The van der Waals surface area contributed by atoms with Crippen molar-refractivity contribution in [2.45, 2.75) is 25.4 Å². The zero-order chi connectivity index (χ0) is 13.0. The maximum Gasteiger partial charge on any atom is 0.166 e. The second kappa shape index (κ2) is 5.91. The molecular weight excluding hydrogens is 248 g/mol.